The van der Waals surface area contributed by atoms with Crippen molar-refractivity contribution in [3.8, 4) is 5.75 Å². The summed E-state index contributed by atoms with van der Waals surface area (Å²) >= 11 is 0. The Hall–Kier alpha value is -1.55. The molecule has 19 heavy (non-hydrogen) atoms. The Kier molecular flexibility index (Phi) is 4.43. The fourth-order valence-corrected chi connectivity index (χ4v) is 2.58. The van der Waals surface area contributed by atoms with E-state index in [1.165, 1.54) is 19.3 Å². The van der Waals surface area contributed by atoms with Gasteiger partial charge in [-0.1, -0.05) is 6.42 Å². The maximum atomic E-state index is 7.47. The molecule has 4 heteroatoms. The molecule has 0 spiro atoms. The zero-order valence-electron chi connectivity index (χ0n) is 11.8. The number of rotatable bonds is 4. The molecule has 1 atom stereocenters. The van der Waals surface area contributed by atoms with Gasteiger partial charge in [0.05, 0.1) is 0 Å². The van der Waals surface area contributed by atoms with E-state index in [4.69, 9.17) is 15.9 Å². The summed E-state index contributed by atoms with van der Waals surface area (Å²) in [6.45, 7) is 3.85. The van der Waals surface area contributed by atoms with Crippen LogP contribution in [0.15, 0.2) is 18.2 Å². The van der Waals surface area contributed by atoms with E-state index in [2.05, 4.69) is 11.9 Å². The molecule has 104 valence electrons. The summed E-state index contributed by atoms with van der Waals surface area (Å²) < 4.78 is 5.88. The van der Waals surface area contributed by atoms with Gasteiger partial charge in [-0.15, -0.1) is 0 Å². The molecule has 4 nitrogen and oxygen atoms in total. The van der Waals surface area contributed by atoms with Crippen LogP contribution in [0.4, 0.5) is 0 Å². The van der Waals surface area contributed by atoms with Gasteiger partial charge in [-0.3, -0.25) is 5.41 Å². The van der Waals surface area contributed by atoms with Gasteiger partial charge in [0.2, 0.25) is 0 Å². The first-order chi connectivity index (χ1) is 9.08. The third kappa shape index (κ3) is 3.47. The van der Waals surface area contributed by atoms with E-state index in [1.807, 2.05) is 25.1 Å². The summed E-state index contributed by atoms with van der Waals surface area (Å²) in [5, 5.41) is 7.47. The minimum Gasteiger partial charge on any atom is -0.492 e. The smallest absolute Gasteiger partial charge is 0.123 e. The van der Waals surface area contributed by atoms with Crippen molar-refractivity contribution in [1.29, 1.82) is 5.41 Å². The van der Waals surface area contributed by atoms with Gasteiger partial charge in [0.1, 0.15) is 18.2 Å². The topological polar surface area (TPSA) is 62.3 Å². The van der Waals surface area contributed by atoms with E-state index < -0.39 is 0 Å². The van der Waals surface area contributed by atoms with Crippen LogP contribution in [0.1, 0.15) is 30.4 Å². The third-order valence-electron chi connectivity index (χ3n) is 3.85. The highest BCUT2D eigenvalue weighted by atomic mass is 16.5. The first-order valence-corrected chi connectivity index (χ1v) is 6.86. The van der Waals surface area contributed by atoms with Crippen LogP contribution >= 0.6 is 0 Å². The Bertz CT molecular complexity index is 459. The lowest BCUT2D eigenvalue weighted by Crippen LogP contribution is -2.40. The number of piperidine rings is 1. The molecule has 1 fully saturated rings. The highest BCUT2D eigenvalue weighted by Gasteiger charge is 2.19. The van der Waals surface area contributed by atoms with Crippen LogP contribution in [-0.2, 0) is 0 Å². The molecule has 0 amide bonds. The standard InChI is InChI=1S/C15H23N3O/c1-11-9-13(6-7-14(11)15(16)17)19-10-12-5-3-4-8-18(12)2/h6-7,9,12H,3-5,8,10H2,1-2H3,(H3,16,17). The molecular formula is C15H23N3O. The molecule has 1 saturated heterocycles. The summed E-state index contributed by atoms with van der Waals surface area (Å²) in [4.78, 5) is 2.38. The maximum absolute atomic E-state index is 7.47. The molecule has 1 aliphatic heterocycles. The first-order valence-electron chi connectivity index (χ1n) is 6.86. The first kappa shape index (κ1) is 13.9. The SMILES string of the molecule is Cc1cc(OCC2CCCCN2C)ccc1C(=N)N. The quantitative estimate of drug-likeness (QED) is 0.645. The summed E-state index contributed by atoms with van der Waals surface area (Å²) in [7, 11) is 2.16. The molecule has 0 bridgehead atoms. The number of benzene rings is 1. The largest absolute Gasteiger partial charge is 0.492 e. The van der Waals surface area contributed by atoms with Crippen LogP contribution in [-0.4, -0.2) is 37.0 Å². The summed E-state index contributed by atoms with van der Waals surface area (Å²) in [5.74, 6) is 0.970. The number of hydrogen-bond donors (Lipinski definition) is 2. The highest BCUT2D eigenvalue weighted by Crippen LogP contribution is 2.20. The van der Waals surface area contributed by atoms with Crippen molar-refractivity contribution in [2.75, 3.05) is 20.2 Å². The van der Waals surface area contributed by atoms with Gasteiger partial charge < -0.3 is 15.4 Å². The molecule has 0 radical (unpaired) electrons. The molecule has 1 aliphatic rings. The Morgan fingerprint density at radius 2 is 2.26 bits per heavy atom. The van der Waals surface area contributed by atoms with E-state index in [0.29, 0.717) is 6.04 Å². The van der Waals surface area contributed by atoms with Crippen molar-refractivity contribution in [3.63, 3.8) is 0 Å². The average molecular weight is 261 g/mol. The molecule has 0 aromatic heterocycles. The van der Waals surface area contributed by atoms with Crippen LogP contribution in [0.5, 0.6) is 5.75 Å². The van der Waals surface area contributed by atoms with Crippen LogP contribution < -0.4 is 10.5 Å². The predicted molar refractivity (Wildman–Crippen MR) is 78.0 cm³/mol. The van der Waals surface area contributed by atoms with Gasteiger partial charge in [-0.05, 0) is 57.1 Å². The molecule has 0 saturated carbocycles. The molecule has 1 unspecified atom stereocenters. The van der Waals surface area contributed by atoms with Crippen molar-refractivity contribution >= 4 is 5.84 Å². The van der Waals surface area contributed by atoms with Gasteiger partial charge >= 0.3 is 0 Å². The number of nitrogens with two attached hydrogens (primary N) is 1. The summed E-state index contributed by atoms with van der Waals surface area (Å²) in [6.07, 6.45) is 3.79. The van der Waals surface area contributed by atoms with E-state index in [-0.39, 0.29) is 5.84 Å². The van der Waals surface area contributed by atoms with Gasteiger partial charge in [0, 0.05) is 11.6 Å². The number of nitrogen functional groups attached to an aromatic ring is 1. The maximum Gasteiger partial charge on any atom is 0.123 e. The summed E-state index contributed by atoms with van der Waals surface area (Å²) in [6, 6.07) is 6.23. The molecule has 1 heterocycles. The zero-order valence-corrected chi connectivity index (χ0v) is 11.8. The summed E-state index contributed by atoms with van der Waals surface area (Å²) in [5.41, 5.74) is 7.28. The number of ether oxygens (including phenoxy) is 1. The van der Waals surface area contributed by atoms with Gasteiger partial charge in [-0.2, -0.15) is 0 Å². The third-order valence-corrected chi connectivity index (χ3v) is 3.85. The van der Waals surface area contributed by atoms with Crippen LogP contribution in [0.25, 0.3) is 0 Å². The lowest BCUT2D eigenvalue weighted by Gasteiger charge is -2.32. The fourth-order valence-electron chi connectivity index (χ4n) is 2.58. The second kappa shape index (κ2) is 6.06. The lowest BCUT2D eigenvalue weighted by atomic mass is 10.0. The van der Waals surface area contributed by atoms with Crippen molar-refractivity contribution in [1.82, 2.24) is 4.90 Å². The monoisotopic (exact) mass is 261 g/mol. The Morgan fingerprint density at radius 3 is 2.89 bits per heavy atom. The Labute approximate surface area is 115 Å². The molecular weight excluding hydrogens is 238 g/mol. The number of hydrogen-bond acceptors (Lipinski definition) is 3. The van der Waals surface area contributed by atoms with Crippen molar-refractivity contribution in [3.05, 3.63) is 29.3 Å². The number of aryl methyl sites for hydroxylation is 1. The predicted octanol–water partition coefficient (Wildman–Crippen LogP) is 2.14. The molecule has 1 aromatic carbocycles. The van der Waals surface area contributed by atoms with Crippen LogP contribution in [0.2, 0.25) is 0 Å². The van der Waals surface area contributed by atoms with E-state index in [9.17, 15) is 0 Å². The van der Waals surface area contributed by atoms with Crippen LogP contribution in [0.3, 0.4) is 0 Å². The minimum absolute atomic E-state index is 0.107. The fraction of sp³-hybridized carbons (Fsp3) is 0.533. The second-order valence-electron chi connectivity index (χ2n) is 5.33. The molecule has 1 aromatic rings. The average Bonchev–Trinajstić information content (AvgIpc) is 2.37. The van der Waals surface area contributed by atoms with Crippen LogP contribution in [0, 0.1) is 12.3 Å². The van der Waals surface area contributed by atoms with Gasteiger partial charge in [-0.25, -0.2) is 0 Å². The number of amidine groups is 1. The highest BCUT2D eigenvalue weighted by molar-refractivity contribution is 5.96. The molecule has 2 rings (SSSR count). The lowest BCUT2D eigenvalue weighted by molar-refractivity contribution is 0.125. The number of nitrogens with one attached hydrogen (secondary N) is 1. The Balaban J connectivity index is 1.96. The second-order valence-corrected chi connectivity index (χ2v) is 5.33. The number of nitrogens with zero attached hydrogens (tertiary/aromatic N) is 1. The zero-order chi connectivity index (χ0) is 13.8. The van der Waals surface area contributed by atoms with Crippen molar-refractivity contribution in [2.24, 2.45) is 5.73 Å². The number of likely N-dealkylation sites (N-methyl/N-ethyl adjacent to an activating group) is 1. The number of likely N-dealkylation sites (tertiary alicyclic amines) is 1. The van der Waals surface area contributed by atoms with Gasteiger partial charge in [0.15, 0.2) is 0 Å². The van der Waals surface area contributed by atoms with E-state index in [1.54, 1.807) is 0 Å². The molecule has 0 aliphatic carbocycles. The van der Waals surface area contributed by atoms with E-state index in [0.717, 1.165) is 30.0 Å². The van der Waals surface area contributed by atoms with Gasteiger partial charge in [0.25, 0.3) is 0 Å². The van der Waals surface area contributed by atoms with Crippen molar-refractivity contribution in [2.45, 2.75) is 32.2 Å². The molecule has 3 N–H and O–H groups in total. The normalized spacial score (nSPS) is 20.2. The van der Waals surface area contributed by atoms with Crippen molar-refractivity contribution < 1.29 is 4.74 Å². The minimum atomic E-state index is 0.107. The Morgan fingerprint density at radius 1 is 1.47 bits per heavy atom. The van der Waals surface area contributed by atoms with E-state index >= 15 is 0 Å².